The minimum absolute atomic E-state index is 0.200. The zero-order valence-electron chi connectivity index (χ0n) is 8.96. The SMILES string of the molecule is CCn1nccc1C(N)c1cn(C)cn1. The predicted molar refractivity (Wildman–Crippen MR) is 57.1 cm³/mol. The second kappa shape index (κ2) is 3.86. The number of hydrogen-bond donors (Lipinski definition) is 1. The van der Waals surface area contributed by atoms with Crippen molar-refractivity contribution in [1.82, 2.24) is 19.3 Å². The van der Waals surface area contributed by atoms with E-state index < -0.39 is 0 Å². The molecule has 0 amide bonds. The second-order valence-corrected chi connectivity index (χ2v) is 3.51. The Balaban J connectivity index is 2.31. The zero-order valence-corrected chi connectivity index (χ0v) is 8.96. The molecule has 0 bridgehead atoms. The summed E-state index contributed by atoms with van der Waals surface area (Å²) in [6, 6.07) is 1.73. The van der Waals surface area contributed by atoms with Gasteiger partial charge in [0.15, 0.2) is 0 Å². The van der Waals surface area contributed by atoms with Crippen LogP contribution in [0.15, 0.2) is 24.8 Å². The molecule has 0 fully saturated rings. The predicted octanol–water partition coefficient (Wildman–Crippen LogP) is 0.685. The lowest BCUT2D eigenvalue weighted by Crippen LogP contribution is -2.17. The van der Waals surface area contributed by atoms with E-state index in [1.807, 2.05) is 35.5 Å². The molecule has 0 spiro atoms. The summed E-state index contributed by atoms with van der Waals surface area (Å²) in [7, 11) is 1.93. The van der Waals surface area contributed by atoms with Crippen LogP contribution in [0.4, 0.5) is 0 Å². The van der Waals surface area contributed by atoms with Crippen molar-refractivity contribution < 1.29 is 0 Å². The van der Waals surface area contributed by atoms with Gasteiger partial charge in [-0.1, -0.05) is 0 Å². The molecule has 0 aliphatic heterocycles. The van der Waals surface area contributed by atoms with E-state index in [2.05, 4.69) is 10.1 Å². The normalized spacial score (nSPS) is 13.0. The molecule has 2 aromatic rings. The molecule has 0 saturated heterocycles. The average Bonchev–Trinajstić information content (AvgIpc) is 2.84. The largest absolute Gasteiger partial charge is 0.340 e. The summed E-state index contributed by atoms with van der Waals surface area (Å²) in [5.74, 6) is 0. The van der Waals surface area contributed by atoms with Gasteiger partial charge in [0.05, 0.1) is 23.8 Å². The van der Waals surface area contributed by atoms with Gasteiger partial charge < -0.3 is 10.3 Å². The first-order valence-corrected chi connectivity index (χ1v) is 4.97. The van der Waals surface area contributed by atoms with Crippen molar-refractivity contribution in [2.24, 2.45) is 12.8 Å². The molecule has 5 heteroatoms. The van der Waals surface area contributed by atoms with Crippen molar-refractivity contribution in [3.8, 4) is 0 Å². The van der Waals surface area contributed by atoms with Crippen LogP contribution >= 0.6 is 0 Å². The van der Waals surface area contributed by atoms with Crippen LogP contribution in [0.5, 0.6) is 0 Å². The van der Waals surface area contributed by atoms with E-state index in [0.717, 1.165) is 17.9 Å². The van der Waals surface area contributed by atoms with Crippen molar-refractivity contribution in [1.29, 1.82) is 0 Å². The Morgan fingerprint density at radius 1 is 1.53 bits per heavy atom. The number of imidazole rings is 1. The lowest BCUT2D eigenvalue weighted by atomic mass is 10.1. The van der Waals surface area contributed by atoms with E-state index in [9.17, 15) is 0 Å². The number of nitrogens with zero attached hydrogens (tertiary/aromatic N) is 4. The van der Waals surface area contributed by atoms with Gasteiger partial charge in [-0.25, -0.2) is 4.98 Å². The number of aryl methyl sites for hydroxylation is 2. The molecule has 15 heavy (non-hydrogen) atoms. The molecule has 2 N–H and O–H groups in total. The summed E-state index contributed by atoms with van der Waals surface area (Å²) in [6.45, 7) is 2.87. The molecule has 2 heterocycles. The second-order valence-electron chi connectivity index (χ2n) is 3.51. The Kier molecular flexibility index (Phi) is 2.55. The fourth-order valence-corrected chi connectivity index (χ4v) is 1.62. The van der Waals surface area contributed by atoms with Crippen LogP contribution in [-0.4, -0.2) is 19.3 Å². The van der Waals surface area contributed by atoms with E-state index in [4.69, 9.17) is 5.73 Å². The van der Waals surface area contributed by atoms with Crippen LogP contribution in [0, 0.1) is 0 Å². The van der Waals surface area contributed by atoms with Crippen molar-refractivity contribution in [3.63, 3.8) is 0 Å². The lowest BCUT2D eigenvalue weighted by Gasteiger charge is -2.10. The molecule has 0 aromatic carbocycles. The van der Waals surface area contributed by atoms with Crippen molar-refractivity contribution in [3.05, 3.63) is 36.2 Å². The van der Waals surface area contributed by atoms with Gasteiger partial charge >= 0.3 is 0 Å². The molecule has 0 aliphatic rings. The van der Waals surface area contributed by atoms with Crippen LogP contribution in [0.25, 0.3) is 0 Å². The first-order chi connectivity index (χ1) is 7.22. The Bertz CT molecular complexity index is 442. The van der Waals surface area contributed by atoms with E-state index in [-0.39, 0.29) is 6.04 Å². The molecule has 80 valence electrons. The summed E-state index contributed by atoms with van der Waals surface area (Å²) in [6.07, 6.45) is 5.45. The summed E-state index contributed by atoms with van der Waals surface area (Å²) < 4.78 is 3.78. The van der Waals surface area contributed by atoms with Crippen molar-refractivity contribution in [2.45, 2.75) is 19.5 Å². The fraction of sp³-hybridized carbons (Fsp3) is 0.400. The highest BCUT2D eigenvalue weighted by atomic mass is 15.3. The van der Waals surface area contributed by atoms with Crippen LogP contribution in [-0.2, 0) is 13.6 Å². The van der Waals surface area contributed by atoms with E-state index in [1.165, 1.54) is 0 Å². The minimum Gasteiger partial charge on any atom is -0.340 e. The van der Waals surface area contributed by atoms with Gasteiger partial charge in [0.25, 0.3) is 0 Å². The molecular weight excluding hydrogens is 190 g/mol. The third kappa shape index (κ3) is 1.78. The fourth-order valence-electron chi connectivity index (χ4n) is 1.62. The molecule has 5 nitrogen and oxygen atoms in total. The van der Waals surface area contributed by atoms with Crippen molar-refractivity contribution in [2.75, 3.05) is 0 Å². The standard InChI is InChI=1S/C10H15N5/c1-3-15-9(4-5-13-15)10(11)8-6-14(2)7-12-8/h4-7,10H,3,11H2,1-2H3. The minimum atomic E-state index is -0.200. The number of aromatic nitrogens is 4. The third-order valence-corrected chi connectivity index (χ3v) is 2.41. The van der Waals surface area contributed by atoms with Gasteiger partial charge in [0.1, 0.15) is 0 Å². The van der Waals surface area contributed by atoms with Crippen LogP contribution in [0.2, 0.25) is 0 Å². The van der Waals surface area contributed by atoms with E-state index in [1.54, 1.807) is 12.5 Å². The summed E-state index contributed by atoms with van der Waals surface area (Å²) in [5.41, 5.74) is 7.98. The molecule has 2 aromatic heterocycles. The van der Waals surface area contributed by atoms with Crippen LogP contribution < -0.4 is 5.73 Å². The summed E-state index contributed by atoms with van der Waals surface area (Å²) >= 11 is 0. The highest BCUT2D eigenvalue weighted by Gasteiger charge is 2.15. The monoisotopic (exact) mass is 205 g/mol. The van der Waals surface area contributed by atoms with E-state index >= 15 is 0 Å². The highest BCUT2D eigenvalue weighted by Crippen LogP contribution is 2.16. The maximum Gasteiger partial charge on any atom is 0.0947 e. The number of nitrogens with two attached hydrogens (primary N) is 1. The maximum absolute atomic E-state index is 6.11. The van der Waals surface area contributed by atoms with Gasteiger partial charge in [-0.2, -0.15) is 5.10 Å². The molecule has 0 saturated carbocycles. The molecule has 0 aliphatic carbocycles. The van der Waals surface area contributed by atoms with Crippen LogP contribution in [0.1, 0.15) is 24.4 Å². The molecule has 0 radical (unpaired) electrons. The third-order valence-electron chi connectivity index (χ3n) is 2.41. The Hall–Kier alpha value is -1.62. The maximum atomic E-state index is 6.11. The molecule has 1 unspecified atom stereocenters. The van der Waals surface area contributed by atoms with E-state index in [0.29, 0.717) is 0 Å². The molecule has 2 rings (SSSR count). The average molecular weight is 205 g/mol. The number of rotatable bonds is 3. The van der Waals surface area contributed by atoms with Gasteiger partial charge in [-0.05, 0) is 13.0 Å². The Morgan fingerprint density at radius 3 is 2.93 bits per heavy atom. The lowest BCUT2D eigenvalue weighted by molar-refractivity contribution is 0.597. The quantitative estimate of drug-likeness (QED) is 0.801. The molecule has 1 atom stereocenters. The van der Waals surface area contributed by atoms with Gasteiger partial charge in [-0.3, -0.25) is 4.68 Å². The zero-order chi connectivity index (χ0) is 10.8. The van der Waals surface area contributed by atoms with Crippen LogP contribution in [0.3, 0.4) is 0 Å². The van der Waals surface area contributed by atoms with Gasteiger partial charge in [0.2, 0.25) is 0 Å². The Morgan fingerprint density at radius 2 is 2.33 bits per heavy atom. The first-order valence-electron chi connectivity index (χ1n) is 4.97. The first kappa shape index (κ1) is 9.92. The number of hydrogen-bond acceptors (Lipinski definition) is 3. The van der Waals surface area contributed by atoms with Gasteiger partial charge in [0, 0.05) is 26.0 Å². The van der Waals surface area contributed by atoms with Crippen molar-refractivity contribution >= 4 is 0 Å². The van der Waals surface area contributed by atoms with Gasteiger partial charge in [-0.15, -0.1) is 0 Å². The molecular formula is C10H15N5. The summed E-state index contributed by atoms with van der Waals surface area (Å²) in [5, 5.41) is 4.19. The highest BCUT2D eigenvalue weighted by molar-refractivity contribution is 5.18. The Labute approximate surface area is 88.5 Å². The summed E-state index contributed by atoms with van der Waals surface area (Å²) in [4.78, 5) is 4.24. The smallest absolute Gasteiger partial charge is 0.0947 e. The topological polar surface area (TPSA) is 61.7 Å².